The first-order chi connectivity index (χ1) is 15.5. The van der Waals surface area contributed by atoms with Crippen LogP contribution >= 0.6 is 0 Å². The van der Waals surface area contributed by atoms with Crippen LogP contribution in [0.5, 0.6) is 0 Å². The van der Waals surface area contributed by atoms with Gasteiger partial charge < -0.3 is 48.8 Å². The van der Waals surface area contributed by atoms with Crippen molar-refractivity contribution in [2.75, 3.05) is 53.6 Å². The number of benzene rings is 1. The van der Waals surface area contributed by atoms with Gasteiger partial charge in [0, 0.05) is 18.8 Å². The first-order valence-electron chi connectivity index (χ1n) is 9.82. The monoisotopic (exact) mass is 462 g/mol. The van der Waals surface area contributed by atoms with Crippen LogP contribution in [0.3, 0.4) is 0 Å². The van der Waals surface area contributed by atoms with E-state index < -0.39 is 25.5 Å². The second-order valence-electron chi connectivity index (χ2n) is 6.27. The molecule has 0 spiro atoms. The zero-order chi connectivity index (χ0) is 23.6. The van der Waals surface area contributed by atoms with Crippen LogP contribution in [0.25, 0.3) is 0 Å². The summed E-state index contributed by atoms with van der Waals surface area (Å²) in [5, 5.41) is 36.1. The third-order valence-corrected chi connectivity index (χ3v) is 4.02. The van der Waals surface area contributed by atoms with Crippen LogP contribution in [0.4, 0.5) is 0 Å². The van der Waals surface area contributed by atoms with Crippen molar-refractivity contribution >= 4 is 11.9 Å². The molecule has 0 heterocycles. The van der Waals surface area contributed by atoms with Crippen molar-refractivity contribution in [3.05, 3.63) is 34.4 Å². The summed E-state index contributed by atoms with van der Waals surface area (Å²) in [4.78, 5) is 23.5. The van der Waals surface area contributed by atoms with Gasteiger partial charge in [0.1, 0.15) is 27.2 Å². The highest BCUT2D eigenvalue weighted by Gasteiger charge is 2.22. The molecule has 12 heteroatoms. The van der Waals surface area contributed by atoms with E-state index >= 15 is 0 Å². The molecular weight excluding hydrogens is 432 g/mol. The molecule has 0 atom stereocenters. The third-order valence-electron chi connectivity index (χ3n) is 4.02. The first-order valence-corrected chi connectivity index (χ1v) is 9.82. The quantitative estimate of drug-likeness (QED) is 0.159. The van der Waals surface area contributed by atoms with Gasteiger partial charge in [0.05, 0.1) is 37.6 Å². The minimum Gasteiger partial charge on any atom is -0.478 e. The van der Waals surface area contributed by atoms with Gasteiger partial charge in [-0.1, -0.05) is 6.07 Å². The summed E-state index contributed by atoms with van der Waals surface area (Å²) >= 11 is 0. The van der Waals surface area contributed by atoms with Gasteiger partial charge in [0.25, 0.3) is 0 Å². The molecule has 0 aliphatic carbocycles. The minimum absolute atomic E-state index is 0.0274. The maximum Gasteiger partial charge on any atom is 0.336 e. The summed E-state index contributed by atoms with van der Waals surface area (Å²) in [7, 11) is 0. The fourth-order valence-electron chi connectivity index (χ4n) is 2.63. The van der Waals surface area contributed by atoms with Crippen LogP contribution in [-0.2, 0) is 41.6 Å². The summed E-state index contributed by atoms with van der Waals surface area (Å²) < 4.78 is 30.3. The highest BCUT2D eigenvalue weighted by atomic mass is 16.7. The second-order valence-corrected chi connectivity index (χ2v) is 6.27. The van der Waals surface area contributed by atoms with Crippen LogP contribution in [0.1, 0.15) is 44.7 Å². The van der Waals surface area contributed by atoms with Gasteiger partial charge in [-0.2, -0.15) is 0 Å². The number of carboxylic acid groups (broad SMARTS) is 2. The van der Waals surface area contributed by atoms with Crippen molar-refractivity contribution in [3.63, 3.8) is 0 Å². The Morgan fingerprint density at radius 1 is 0.688 bits per heavy atom. The van der Waals surface area contributed by atoms with Crippen molar-refractivity contribution in [1.29, 1.82) is 0 Å². The van der Waals surface area contributed by atoms with Crippen molar-refractivity contribution < 1.29 is 58.4 Å². The lowest BCUT2D eigenvalue weighted by atomic mass is 9.96. The molecule has 182 valence electrons. The molecular formula is C20H30O12. The van der Waals surface area contributed by atoms with E-state index in [9.17, 15) is 19.8 Å². The first kappa shape index (κ1) is 27.9. The van der Waals surface area contributed by atoms with Gasteiger partial charge >= 0.3 is 11.9 Å². The van der Waals surface area contributed by atoms with Crippen LogP contribution < -0.4 is 0 Å². The number of aromatic carboxylic acids is 2. The summed E-state index contributed by atoms with van der Waals surface area (Å²) in [6.45, 7) is -0.0956. The number of aliphatic hydroxyl groups excluding tert-OH is 2. The molecule has 0 saturated carbocycles. The van der Waals surface area contributed by atoms with Gasteiger partial charge in [-0.25, -0.2) is 9.59 Å². The molecule has 1 rings (SSSR count). The normalized spacial score (nSPS) is 11.1. The fraction of sp³-hybridized carbons (Fsp3) is 0.600. The van der Waals surface area contributed by atoms with E-state index in [0.29, 0.717) is 31.6 Å². The summed E-state index contributed by atoms with van der Waals surface area (Å²) in [6.07, 6.45) is 0.986. The average molecular weight is 462 g/mol. The zero-order valence-electron chi connectivity index (χ0n) is 17.7. The largest absolute Gasteiger partial charge is 0.478 e. The van der Waals surface area contributed by atoms with Crippen molar-refractivity contribution in [1.82, 2.24) is 0 Å². The molecule has 4 N–H and O–H groups in total. The predicted octanol–water partition coefficient (Wildman–Crippen LogP) is 0.777. The van der Waals surface area contributed by atoms with Crippen LogP contribution in [0.2, 0.25) is 0 Å². The highest BCUT2D eigenvalue weighted by molar-refractivity contribution is 5.97. The minimum atomic E-state index is -1.28. The molecule has 0 aliphatic rings. The van der Waals surface area contributed by atoms with Crippen LogP contribution in [0, 0.1) is 0 Å². The van der Waals surface area contributed by atoms with E-state index in [1.807, 2.05) is 0 Å². The van der Waals surface area contributed by atoms with E-state index in [1.54, 1.807) is 0 Å². The molecule has 0 aromatic heterocycles. The molecule has 32 heavy (non-hydrogen) atoms. The Bertz CT molecular complexity index is 679. The Balaban J connectivity index is 2.65. The van der Waals surface area contributed by atoms with E-state index in [-0.39, 0.29) is 56.7 Å². The van der Waals surface area contributed by atoms with E-state index in [1.165, 1.54) is 12.1 Å². The Kier molecular flexibility index (Phi) is 15.2. The molecule has 0 bridgehead atoms. The van der Waals surface area contributed by atoms with Gasteiger partial charge in [0.15, 0.2) is 0 Å². The number of carbonyl (C=O) groups is 2. The number of aliphatic hydroxyl groups is 2. The topological polar surface area (TPSA) is 170 Å². The van der Waals surface area contributed by atoms with Crippen molar-refractivity contribution in [2.45, 2.75) is 26.1 Å². The molecule has 1 aromatic carbocycles. The lowest BCUT2D eigenvalue weighted by Gasteiger charge is -2.15. The molecule has 12 nitrogen and oxygen atoms in total. The maximum atomic E-state index is 11.9. The van der Waals surface area contributed by atoms with Gasteiger partial charge in [-0.15, -0.1) is 0 Å². The Labute approximate surface area is 185 Å². The second kappa shape index (κ2) is 17.4. The number of rotatable bonds is 20. The number of carboxylic acids is 2. The summed E-state index contributed by atoms with van der Waals surface area (Å²) in [6, 6.07) is 2.74. The lowest BCUT2D eigenvalue weighted by Crippen LogP contribution is -2.15. The number of ether oxygens (including phenoxy) is 6. The van der Waals surface area contributed by atoms with Crippen LogP contribution in [0.15, 0.2) is 12.1 Å². The molecule has 0 radical (unpaired) electrons. The average Bonchev–Trinajstić information content (AvgIpc) is 2.76. The van der Waals surface area contributed by atoms with Gasteiger partial charge in [0.2, 0.25) is 0 Å². The van der Waals surface area contributed by atoms with Crippen molar-refractivity contribution in [2.24, 2.45) is 0 Å². The SMILES string of the molecule is O=C(O)c1ccc(COCCCOCOCO)c(C(=O)O)c1COCCCOCOCO. The molecule has 0 unspecified atom stereocenters. The van der Waals surface area contributed by atoms with Crippen molar-refractivity contribution in [3.8, 4) is 0 Å². The molecule has 0 amide bonds. The summed E-state index contributed by atoms with van der Waals surface area (Å²) in [5.41, 5.74) is 0.0661. The van der Waals surface area contributed by atoms with Gasteiger partial charge in [-0.05, 0) is 24.5 Å². The standard InChI is InChI=1S/C20H30O12/c21-11-31-13-29-7-1-5-27-9-15-3-4-16(19(23)24)17(18(15)20(25)26)10-28-6-2-8-30-14-32-12-22/h3-4,21-22H,1-2,5-14H2,(H,23,24)(H,25,26). The Morgan fingerprint density at radius 2 is 1.22 bits per heavy atom. The lowest BCUT2D eigenvalue weighted by molar-refractivity contribution is -0.110. The van der Waals surface area contributed by atoms with E-state index in [2.05, 4.69) is 9.47 Å². The fourth-order valence-corrected chi connectivity index (χ4v) is 2.63. The smallest absolute Gasteiger partial charge is 0.336 e. The summed E-state index contributed by atoms with van der Waals surface area (Å²) in [5.74, 6) is -2.54. The molecule has 0 aliphatic heterocycles. The van der Waals surface area contributed by atoms with E-state index in [0.717, 1.165) is 0 Å². The third kappa shape index (κ3) is 10.9. The molecule has 1 aromatic rings. The predicted molar refractivity (Wildman–Crippen MR) is 107 cm³/mol. The zero-order valence-corrected chi connectivity index (χ0v) is 17.7. The van der Waals surface area contributed by atoms with Crippen LogP contribution in [-0.4, -0.2) is 86.0 Å². The molecule has 0 saturated heterocycles. The molecule has 0 fully saturated rings. The number of hydrogen-bond donors (Lipinski definition) is 4. The van der Waals surface area contributed by atoms with Gasteiger partial charge in [-0.3, -0.25) is 0 Å². The Hall–Kier alpha value is -2.16. The van der Waals surface area contributed by atoms with E-state index in [4.69, 9.17) is 29.2 Å². The number of hydrogen-bond acceptors (Lipinski definition) is 10. The maximum absolute atomic E-state index is 11.9. The Morgan fingerprint density at radius 3 is 1.72 bits per heavy atom. The highest BCUT2D eigenvalue weighted by Crippen LogP contribution is 2.22.